The minimum atomic E-state index is -0.0872. The normalized spacial score (nSPS) is 12.3. The fraction of sp³-hybridized carbons (Fsp3) is 0.941. The maximum absolute atomic E-state index is 10.9. The van der Waals surface area contributed by atoms with Crippen LogP contribution in [-0.4, -0.2) is 32.6 Å². The van der Waals surface area contributed by atoms with Crippen molar-refractivity contribution in [3.05, 3.63) is 0 Å². The molecule has 4 heteroatoms. The molecule has 1 unspecified atom stereocenters. The zero-order valence-corrected chi connectivity index (χ0v) is 14.2. The number of rotatable bonds is 15. The zero-order chi connectivity index (χ0) is 15.8. The first-order valence-electron chi connectivity index (χ1n) is 8.50. The monoisotopic (exact) mass is 302 g/mol. The number of carbonyl (C=O) groups is 1. The van der Waals surface area contributed by atoms with Crippen molar-refractivity contribution in [1.29, 1.82) is 0 Å². The van der Waals surface area contributed by atoms with Gasteiger partial charge in [-0.25, -0.2) is 0 Å². The molecule has 0 aliphatic rings. The molecule has 0 rings (SSSR count). The van der Waals surface area contributed by atoms with Gasteiger partial charge in [0.25, 0.3) is 0 Å². The number of unbranched alkanes of at least 4 members (excludes halogenated alkanes) is 8. The van der Waals surface area contributed by atoms with Crippen molar-refractivity contribution in [3.8, 4) is 0 Å². The number of esters is 1. The van der Waals surface area contributed by atoms with Gasteiger partial charge in [-0.15, -0.1) is 0 Å². The largest absolute Gasteiger partial charge is 0.469 e. The summed E-state index contributed by atoms with van der Waals surface area (Å²) < 4.78 is 15.4. The molecule has 0 fully saturated rings. The Bertz CT molecular complexity index is 231. The summed E-state index contributed by atoms with van der Waals surface area (Å²) in [6.45, 7) is 5.44. The first-order valence-corrected chi connectivity index (χ1v) is 8.50. The Morgan fingerprint density at radius 2 is 1.38 bits per heavy atom. The molecule has 0 aromatic rings. The van der Waals surface area contributed by atoms with E-state index in [4.69, 9.17) is 9.47 Å². The molecule has 0 N–H and O–H groups in total. The number of hydrogen-bond acceptors (Lipinski definition) is 4. The Morgan fingerprint density at radius 3 is 1.90 bits per heavy atom. The summed E-state index contributed by atoms with van der Waals surface area (Å²) in [5, 5.41) is 0. The molecule has 0 saturated carbocycles. The molecule has 21 heavy (non-hydrogen) atoms. The van der Waals surface area contributed by atoms with Crippen molar-refractivity contribution in [2.24, 2.45) is 0 Å². The molecule has 126 valence electrons. The van der Waals surface area contributed by atoms with Gasteiger partial charge in [0.2, 0.25) is 0 Å². The molecule has 4 nitrogen and oxygen atoms in total. The van der Waals surface area contributed by atoms with E-state index < -0.39 is 0 Å². The highest BCUT2D eigenvalue weighted by Gasteiger charge is 2.00. The average Bonchev–Trinajstić information content (AvgIpc) is 2.48. The van der Waals surface area contributed by atoms with Crippen LogP contribution in [0, 0.1) is 0 Å². The van der Waals surface area contributed by atoms with E-state index in [0.717, 1.165) is 25.9 Å². The molecular weight excluding hydrogens is 268 g/mol. The second kappa shape index (κ2) is 15.8. The van der Waals surface area contributed by atoms with E-state index in [2.05, 4.69) is 4.74 Å². The minimum Gasteiger partial charge on any atom is -0.469 e. The third kappa shape index (κ3) is 15.6. The van der Waals surface area contributed by atoms with Crippen LogP contribution in [0.4, 0.5) is 0 Å². The summed E-state index contributed by atoms with van der Waals surface area (Å²) in [7, 11) is 1.45. The van der Waals surface area contributed by atoms with Crippen LogP contribution >= 0.6 is 0 Å². The van der Waals surface area contributed by atoms with E-state index in [1.54, 1.807) is 0 Å². The topological polar surface area (TPSA) is 44.8 Å². The summed E-state index contributed by atoms with van der Waals surface area (Å²) in [5.41, 5.74) is 0. The van der Waals surface area contributed by atoms with Crippen molar-refractivity contribution in [2.45, 2.75) is 84.3 Å². The van der Waals surface area contributed by atoms with Crippen LogP contribution < -0.4 is 0 Å². The van der Waals surface area contributed by atoms with E-state index in [0.29, 0.717) is 13.0 Å². The molecule has 0 saturated heterocycles. The van der Waals surface area contributed by atoms with Gasteiger partial charge in [-0.3, -0.25) is 4.79 Å². The Labute approximate surface area is 130 Å². The Morgan fingerprint density at radius 1 is 0.857 bits per heavy atom. The second-order valence-electron chi connectivity index (χ2n) is 5.40. The van der Waals surface area contributed by atoms with Gasteiger partial charge in [0.1, 0.15) is 0 Å². The van der Waals surface area contributed by atoms with Crippen LogP contribution in [0.2, 0.25) is 0 Å². The fourth-order valence-corrected chi connectivity index (χ4v) is 2.24. The molecule has 0 amide bonds. The first kappa shape index (κ1) is 20.4. The summed E-state index contributed by atoms with van der Waals surface area (Å²) in [5.74, 6) is -0.0872. The van der Waals surface area contributed by atoms with Crippen molar-refractivity contribution >= 4 is 5.97 Å². The minimum absolute atomic E-state index is 0.0695. The third-order valence-electron chi connectivity index (χ3n) is 3.51. The summed E-state index contributed by atoms with van der Waals surface area (Å²) >= 11 is 0. The summed E-state index contributed by atoms with van der Waals surface area (Å²) in [4.78, 5) is 10.9. The van der Waals surface area contributed by atoms with Gasteiger partial charge in [0, 0.05) is 19.6 Å². The third-order valence-corrected chi connectivity index (χ3v) is 3.51. The highest BCUT2D eigenvalue weighted by atomic mass is 16.7. The van der Waals surface area contributed by atoms with E-state index in [9.17, 15) is 4.79 Å². The Balaban J connectivity index is 3.07. The summed E-state index contributed by atoms with van der Waals surface area (Å²) in [6, 6.07) is 0. The standard InChI is InChI=1S/C17H34O4/c1-4-20-16(2)21-15-13-11-9-7-5-6-8-10-12-14-17(18)19-3/h16H,4-15H2,1-3H3. The lowest BCUT2D eigenvalue weighted by Gasteiger charge is -2.12. The maximum Gasteiger partial charge on any atom is 0.305 e. The molecule has 0 radical (unpaired) electrons. The lowest BCUT2D eigenvalue weighted by Crippen LogP contribution is -2.13. The second-order valence-corrected chi connectivity index (χ2v) is 5.40. The molecule has 0 aliphatic carbocycles. The van der Waals surface area contributed by atoms with Crippen molar-refractivity contribution < 1.29 is 19.0 Å². The van der Waals surface area contributed by atoms with Crippen LogP contribution in [0.5, 0.6) is 0 Å². The van der Waals surface area contributed by atoms with Crippen LogP contribution in [0.1, 0.15) is 78.1 Å². The van der Waals surface area contributed by atoms with E-state index >= 15 is 0 Å². The van der Waals surface area contributed by atoms with Crippen LogP contribution in [-0.2, 0) is 19.0 Å². The molecule has 0 aliphatic heterocycles. The SMILES string of the molecule is CCOC(C)OCCCCCCCCCCCC(=O)OC. The van der Waals surface area contributed by atoms with Crippen LogP contribution in [0.3, 0.4) is 0 Å². The van der Waals surface area contributed by atoms with Gasteiger partial charge >= 0.3 is 5.97 Å². The van der Waals surface area contributed by atoms with E-state index in [-0.39, 0.29) is 12.3 Å². The molecular formula is C17H34O4. The van der Waals surface area contributed by atoms with Crippen LogP contribution in [0.25, 0.3) is 0 Å². The number of carbonyl (C=O) groups excluding carboxylic acids is 1. The smallest absolute Gasteiger partial charge is 0.305 e. The summed E-state index contributed by atoms with van der Waals surface area (Å²) in [6.07, 6.45) is 11.3. The molecule has 0 aromatic heterocycles. The lowest BCUT2D eigenvalue weighted by atomic mass is 10.1. The Hall–Kier alpha value is -0.610. The van der Waals surface area contributed by atoms with Crippen molar-refractivity contribution in [2.75, 3.05) is 20.3 Å². The van der Waals surface area contributed by atoms with Crippen molar-refractivity contribution in [3.63, 3.8) is 0 Å². The van der Waals surface area contributed by atoms with Gasteiger partial charge in [-0.05, 0) is 26.7 Å². The van der Waals surface area contributed by atoms with Crippen LogP contribution in [0.15, 0.2) is 0 Å². The fourth-order valence-electron chi connectivity index (χ4n) is 2.24. The van der Waals surface area contributed by atoms with E-state index in [1.165, 1.54) is 45.6 Å². The van der Waals surface area contributed by atoms with Gasteiger partial charge < -0.3 is 14.2 Å². The zero-order valence-electron chi connectivity index (χ0n) is 14.2. The number of hydrogen-bond donors (Lipinski definition) is 0. The van der Waals surface area contributed by atoms with Gasteiger partial charge in [-0.2, -0.15) is 0 Å². The highest BCUT2D eigenvalue weighted by molar-refractivity contribution is 5.68. The molecule has 1 atom stereocenters. The van der Waals surface area contributed by atoms with Gasteiger partial charge in [0.05, 0.1) is 7.11 Å². The predicted molar refractivity (Wildman–Crippen MR) is 85.2 cm³/mol. The van der Waals surface area contributed by atoms with Gasteiger partial charge in [-0.1, -0.05) is 44.9 Å². The highest BCUT2D eigenvalue weighted by Crippen LogP contribution is 2.11. The average molecular weight is 302 g/mol. The predicted octanol–water partition coefficient (Wildman–Crippen LogP) is 4.46. The number of methoxy groups -OCH3 is 1. The van der Waals surface area contributed by atoms with E-state index in [1.807, 2.05) is 13.8 Å². The quantitative estimate of drug-likeness (QED) is 0.254. The number of ether oxygens (including phenoxy) is 3. The molecule has 0 aromatic carbocycles. The maximum atomic E-state index is 10.9. The first-order chi connectivity index (χ1) is 10.2. The van der Waals surface area contributed by atoms with Crippen molar-refractivity contribution in [1.82, 2.24) is 0 Å². The molecule has 0 spiro atoms. The Kier molecular flexibility index (Phi) is 15.3. The molecule has 0 bridgehead atoms. The lowest BCUT2D eigenvalue weighted by molar-refractivity contribution is -0.140. The molecule has 0 heterocycles. The van der Waals surface area contributed by atoms with Gasteiger partial charge in [0.15, 0.2) is 6.29 Å².